The average molecular weight is 431 g/mol. The van der Waals surface area contributed by atoms with Gasteiger partial charge in [0.2, 0.25) is 0 Å². The van der Waals surface area contributed by atoms with Crippen molar-refractivity contribution < 1.29 is 9.53 Å². The van der Waals surface area contributed by atoms with Crippen LogP contribution in [0.3, 0.4) is 0 Å². The minimum Gasteiger partial charge on any atom is -0.385 e. The Labute approximate surface area is 178 Å². The number of aromatic nitrogens is 2. The molecule has 2 saturated heterocycles. The van der Waals surface area contributed by atoms with E-state index in [9.17, 15) is 9.59 Å². The van der Waals surface area contributed by atoms with Crippen LogP contribution in [0.2, 0.25) is 0 Å². The van der Waals surface area contributed by atoms with Gasteiger partial charge < -0.3 is 9.64 Å². The molecule has 4 rings (SSSR count). The Bertz CT molecular complexity index is 1040. The standard InChI is InChI=1S/C20H22N4O3S2/c1-27-12-6-11-24-19(26)15(29-20(24)28)13-14-17(22-8-4-5-9-22)21-16-7-2-3-10-23(16)18(14)25/h2-3,7,10,13H,4-6,8-9,11-12H2,1H3. The van der Waals surface area contributed by atoms with Gasteiger partial charge in [-0.3, -0.25) is 18.9 Å². The smallest absolute Gasteiger partial charge is 0.267 e. The van der Waals surface area contributed by atoms with Gasteiger partial charge in [0.25, 0.3) is 11.5 Å². The topological polar surface area (TPSA) is 67.2 Å². The third kappa shape index (κ3) is 3.94. The number of hydrogen-bond donors (Lipinski definition) is 0. The van der Waals surface area contributed by atoms with Gasteiger partial charge in [-0.25, -0.2) is 4.98 Å². The maximum Gasteiger partial charge on any atom is 0.267 e. The molecule has 0 spiro atoms. The number of rotatable bonds is 6. The van der Waals surface area contributed by atoms with Crippen LogP contribution >= 0.6 is 24.0 Å². The van der Waals surface area contributed by atoms with Crippen molar-refractivity contribution >= 4 is 51.7 Å². The molecule has 2 aromatic rings. The number of fused-ring (bicyclic) bond motifs is 1. The van der Waals surface area contributed by atoms with E-state index in [4.69, 9.17) is 21.9 Å². The van der Waals surface area contributed by atoms with Crippen molar-refractivity contribution in [1.82, 2.24) is 14.3 Å². The average Bonchev–Trinajstić information content (AvgIpc) is 3.34. The van der Waals surface area contributed by atoms with Gasteiger partial charge >= 0.3 is 0 Å². The van der Waals surface area contributed by atoms with Crippen molar-refractivity contribution in [2.45, 2.75) is 19.3 Å². The second kappa shape index (κ2) is 8.64. The Balaban J connectivity index is 1.76. The molecule has 29 heavy (non-hydrogen) atoms. The molecule has 2 fully saturated rings. The number of ether oxygens (including phenoxy) is 1. The molecule has 2 aliphatic heterocycles. The summed E-state index contributed by atoms with van der Waals surface area (Å²) in [6.07, 6.45) is 6.20. The van der Waals surface area contributed by atoms with E-state index < -0.39 is 0 Å². The Morgan fingerprint density at radius 2 is 2.07 bits per heavy atom. The van der Waals surface area contributed by atoms with Gasteiger partial charge in [-0.1, -0.05) is 30.0 Å². The van der Waals surface area contributed by atoms with Crippen molar-refractivity contribution in [3.05, 3.63) is 45.2 Å². The number of thioether (sulfide) groups is 1. The summed E-state index contributed by atoms with van der Waals surface area (Å²) in [5, 5.41) is 0. The third-order valence-corrected chi connectivity index (χ3v) is 6.41. The van der Waals surface area contributed by atoms with Crippen molar-refractivity contribution in [2.75, 3.05) is 38.3 Å². The van der Waals surface area contributed by atoms with Crippen LogP contribution in [0.15, 0.2) is 34.1 Å². The zero-order valence-corrected chi connectivity index (χ0v) is 17.8. The number of hydrogen-bond acceptors (Lipinski definition) is 7. The van der Waals surface area contributed by atoms with Crippen LogP contribution < -0.4 is 10.5 Å². The number of methoxy groups -OCH3 is 1. The monoisotopic (exact) mass is 430 g/mol. The molecule has 7 nitrogen and oxygen atoms in total. The lowest BCUT2D eigenvalue weighted by Gasteiger charge is -2.19. The zero-order valence-electron chi connectivity index (χ0n) is 16.2. The summed E-state index contributed by atoms with van der Waals surface area (Å²) in [6.45, 7) is 2.78. The molecule has 152 valence electrons. The number of amides is 1. The molecule has 2 aromatic heterocycles. The first-order valence-electron chi connectivity index (χ1n) is 9.61. The molecular formula is C20H22N4O3S2. The van der Waals surface area contributed by atoms with E-state index in [1.165, 1.54) is 16.2 Å². The fourth-order valence-electron chi connectivity index (χ4n) is 3.58. The molecule has 0 radical (unpaired) electrons. The van der Waals surface area contributed by atoms with Gasteiger partial charge in [0.1, 0.15) is 15.8 Å². The summed E-state index contributed by atoms with van der Waals surface area (Å²) in [5.41, 5.74) is 0.860. The zero-order chi connectivity index (χ0) is 20.4. The van der Waals surface area contributed by atoms with Crippen LogP contribution in [0.4, 0.5) is 5.82 Å². The maximum atomic E-state index is 13.2. The first-order chi connectivity index (χ1) is 14.1. The number of pyridine rings is 1. The minimum absolute atomic E-state index is 0.166. The van der Waals surface area contributed by atoms with Gasteiger partial charge in [-0.15, -0.1) is 0 Å². The molecule has 0 saturated carbocycles. The van der Waals surface area contributed by atoms with Crippen molar-refractivity contribution in [2.24, 2.45) is 0 Å². The molecule has 4 heterocycles. The molecule has 0 bridgehead atoms. The largest absolute Gasteiger partial charge is 0.385 e. The molecule has 0 aromatic carbocycles. The van der Waals surface area contributed by atoms with Crippen LogP contribution in [-0.2, 0) is 9.53 Å². The first kappa shape index (κ1) is 20.1. The molecule has 0 N–H and O–H groups in total. The lowest BCUT2D eigenvalue weighted by molar-refractivity contribution is -0.122. The number of carbonyl (C=O) groups is 1. The second-order valence-electron chi connectivity index (χ2n) is 6.96. The van der Waals surface area contributed by atoms with Crippen LogP contribution in [0.5, 0.6) is 0 Å². The molecule has 0 unspecified atom stereocenters. The van der Waals surface area contributed by atoms with Gasteiger partial charge in [0.05, 0.1) is 10.5 Å². The lowest BCUT2D eigenvalue weighted by Crippen LogP contribution is -2.30. The van der Waals surface area contributed by atoms with Gasteiger partial charge in [0, 0.05) is 39.5 Å². The summed E-state index contributed by atoms with van der Waals surface area (Å²) in [4.78, 5) is 35.0. The number of anilines is 1. The van der Waals surface area contributed by atoms with Gasteiger partial charge in [-0.2, -0.15) is 0 Å². The summed E-state index contributed by atoms with van der Waals surface area (Å²) in [7, 11) is 1.63. The fourth-order valence-corrected chi connectivity index (χ4v) is 4.87. The predicted molar refractivity (Wildman–Crippen MR) is 119 cm³/mol. The minimum atomic E-state index is -0.179. The Kier molecular flexibility index (Phi) is 5.98. The molecule has 0 aliphatic carbocycles. The lowest BCUT2D eigenvalue weighted by atomic mass is 10.2. The highest BCUT2D eigenvalue weighted by atomic mass is 32.2. The van der Waals surface area contributed by atoms with Gasteiger partial charge in [-0.05, 0) is 37.5 Å². The number of carbonyl (C=O) groups excluding carboxylic acids is 1. The fraction of sp³-hybridized carbons (Fsp3) is 0.400. The van der Waals surface area contributed by atoms with Crippen LogP contribution in [0.1, 0.15) is 24.8 Å². The summed E-state index contributed by atoms with van der Waals surface area (Å²) in [5.74, 6) is 0.476. The van der Waals surface area contributed by atoms with Crippen LogP contribution in [-0.4, -0.2) is 57.9 Å². The summed E-state index contributed by atoms with van der Waals surface area (Å²) in [6, 6.07) is 5.48. The maximum absolute atomic E-state index is 13.2. The highest BCUT2D eigenvalue weighted by Crippen LogP contribution is 2.34. The Morgan fingerprint density at radius 3 is 2.83 bits per heavy atom. The van der Waals surface area contributed by atoms with E-state index >= 15 is 0 Å². The SMILES string of the molecule is COCCCN1C(=O)C(=Cc2c(N3CCCC3)nc3ccccn3c2=O)SC1=S. The predicted octanol–water partition coefficient (Wildman–Crippen LogP) is 2.53. The molecule has 2 aliphatic rings. The van der Waals surface area contributed by atoms with E-state index in [-0.39, 0.29) is 11.5 Å². The van der Waals surface area contributed by atoms with Crippen molar-refractivity contribution in [3.8, 4) is 0 Å². The van der Waals surface area contributed by atoms with Crippen molar-refractivity contribution in [1.29, 1.82) is 0 Å². The van der Waals surface area contributed by atoms with E-state index in [1.807, 2.05) is 12.1 Å². The van der Waals surface area contributed by atoms with Crippen LogP contribution in [0.25, 0.3) is 11.7 Å². The van der Waals surface area contributed by atoms with Gasteiger partial charge in [0.15, 0.2) is 0 Å². The number of thiocarbonyl (C=S) groups is 1. The van der Waals surface area contributed by atoms with E-state index in [0.717, 1.165) is 25.9 Å². The van der Waals surface area contributed by atoms with Crippen molar-refractivity contribution in [3.63, 3.8) is 0 Å². The van der Waals surface area contributed by atoms with Crippen LogP contribution in [0, 0.1) is 0 Å². The van der Waals surface area contributed by atoms with E-state index in [1.54, 1.807) is 30.3 Å². The summed E-state index contributed by atoms with van der Waals surface area (Å²) < 4.78 is 7.09. The highest BCUT2D eigenvalue weighted by molar-refractivity contribution is 8.26. The normalized spacial score (nSPS) is 18.6. The second-order valence-corrected chi connectivity index (χ2v) is 8.63. The third-order valence-electron chi connectivity index (χ3n) is 5.03. The highest BCUT2D eigenvalue weighted by Gasteiger charge is 2.32. The Morgan fingerprint density at radius 1 is 1.28 bits per heavy atom. The molecule has 9 heteroatoms. The molecule has 0 atom stereocenters. The summed E-state index contributed by atoms with van der Waals surface area (Å²) >= 11 is 6.62. The molecular weight excluding hydrogens is 408 g/mol. The molecule has 1 amide bonds. The Hall–Kier alpha value is -2.23. The van der Waals surface area contributed by atoms with E-state index in [2.05, 4.69) is 4.90 Å². The number of nitrogens with zero attached hydrogens (tertiary/aromatic N) is 4. The quantitative estimate of drug-likeness (QED) is 0.396. The first-order valence-corrected chi connectivity index (χ1v) is 10.8. The van der Waals surface area contributed by atoms with E-state index in [0.29, 0.717) is 45.8 Å².